The molecule has 1 N–H and O–H groups in total. The summed E-state index contributed by atoms with van der Waals surface area (Å²) in [5, 5.41) is 4.10. The zero-order chi connectivity index (χ0) is 20.9. The monoisotopic (exact) mass is 424 g/mol. The molecule has 1 aliphatic heterocycles. The summed E-state index contributed by atoms with van der Waals surface area (Å²) >= 11 is 5.68. The van der Waals surface area contributed by atoms with E-state index in [4.69, 9.17) is 21.4 Å². The van der Waals surface area contributed by atoms with Crippen molar-refractivity contribution in [1.82, 2.24) is 19.8 Å². The van der Waals surface area contributed by atoms with Gasteiger partial charge in [0, 0.05) is 31.1 Å². The number of esters is 1. The lowest BCUT2D eigenvalue weighted by Crippen LogP contribution is -2.32. The van der Waals surface area contributed by atoms with E-state index in [1.54, 1.807) is 12.5 Å². The molecule has 3 aromatic heterocycles. The van der Waals surface area contributed by atoms with Crippen molar-refractivity contribution in [3.05, 3.63) is 78.3 Å². The van der Waals surface area contributed by atoms with Gasteiger partial charge in [0.15, 0.2) is 5.11 Å². The molecule has 2 atom stereocenters. The van der Waals surface area contributed by atoms with Crippen LogP contribution in [-0.2, 0) is 16.1 Å². The number of aromatic nitrogens is 2. The number of rotatable bonds is 8. The van der Waals surface area contributed by atoms with E-state index in [1.165, 1.54) is 7.11 Å². The van der Waals surface area contributed by atoms with Gasteiger partial charge in [-0.1, -0.05) is 6.07 Å². The molecule has 4 rings (SSSR count). The van der Waals surface area contributed by atoms with E-state index in [9.17, 15) is 4.79 Å². The standard InChI is InChI=1S/C22H24N4O3S/c1-28-19(27)10-5-13-26-21(20(24-22(26)30)17-8-2-3-11-23-17)18-9-4-12-25(18)15-16-7-6-14-29-16/h2-4,6-9,11-12,14,20-21H,5,10,13,15H2,1H3,(H,24,30). The van der Waals surface area contributed by atoms with E-state index >= 15 is 0 Å². The van der Waals surface area contributed by atoms with E-state index < -0.39 is 0 Å². The van der Waals surface area contributed by atoms with Crippen LogP contribution in [0.4, 0.5) is 0 Å². The highest BCUT2D eigenvalue weighted by Crippen LogP contribution is 2.39. The van der Waals surface area contributed by atoms with Crippen molar-refractivity contribution in [3.8, 4) is 0 Å². The minimum Gasteiger partial charge on any atom is -0.469 e. The highest BCUT2D eigenvalue weighted by atomic mass is 32.1. The number of nitrogens with one attached hydrogen (secondary N) is 1. The maximum atomic E-state index is 11.6. The third kappa shape index (κ3) is 4.23. The largest absolute Gasteiger partial charge is 0.469 e. The number of furan rings is 1. The van der Waals surface area contributed by atoms with Gasteiger partial charge in [-0.05, 0) is 55.0 Å². The molecule has 30 heavy (non-hydrogen) atoms. The summed E-state index contributed by atoms with van der Waals surface area (Å²) in [6, 6.07) is 13.7. The Hall–Kier alpha value is -3.13. The first-order valence-corrected chi connectivity index (χ1v) is 10.3. The number of hydrogen-bond donors (Lipinski definition) is 1. The molecule has 1 saturated heterocycles. The van der Waals surface area contributed by atoms with Crippen LogP contribution < -0.4 is 5.32 Å². The predicted octanol–water partition coefficient (Wildman–Crippen LogP) is 3.45. The number of carbonyl (C=O) groups excluding carboxylic acids is 1. The van der Waals surface area contributed by atoms with Crippen LogP contribution in [0.15, 0.2) is 65.5 Å². The fraction of sp³-hybridized carbons (Fsp3) is 0.318. The summed E-state index contributed by atoms with van der Waals surface area (Å²) in [5.41, 5.74) is 2.03. The van der Waals surface area contributed by atoms with Gasteiger partial charge in [0.1, 0.15) is 5.76 Å². The van der Waals surface area contributed by atoms with Gasteiger partial charge in [0.2, 0.25) is 0 Å². The van der Waals surface area contributed by atoms with Crippen LogP contribution in [0.25, 0.3) is 0 Å². The fourth-order valence-corrected chi connectivity index (χ4v) is 4.21. The number of thiocarbonyl (C=S) groups is 1. The van der Waals surface area contributed by atoms with Crippen molar-refractivity contribution in [2.45, 2.75) is 31.5 Å². The molecular weight excluding hydrogens is 400 g/mol. The van der Waals surface area contributed by atoms with Crippen molar-refractivity contribution in [2.75, 3.05) is 13.7 Å². The van der Waals surface area contributed by atoms with Gasteiger partial charge in [-0.25, -0.2) is 0 Å². The normalized spacial score (nSPS) is 18.4. The van der Waals surface area contributed by atoms with Crippen molar-refractivity contribution in [1.29, 1.82) is 0 Å². The Bertz CT molecular complexity index is 987. The van der Waals surface area contributed by atoms with Crippen molar-refractivity contribution in [2.24, 2.45) is 0 Å². The minimum atomic E-state index is -0.216. The average molecular weight is 425 g/mol. The van der Waals surface area contributed by atoms with E-state index in [2.05, 4.69) is 25.8 Å². The SMILES string of the molecule is COC(=O)CCCN1C(=S)NC(c2ccccn2)C1c1cccn1Cc1ccco1. The summed E-state index contributed by atoms with van der Waals surface area (Å²) in [6.07, 6.45) is 6.52. The van der Waals surface area contributed by atoms with Gasteiger partial charge in [0.05, 0.1) is 37.7 Å². The molecule has 0 spiro atoms. The minimum absolute atomic E-state index is 0.0602. The van der Waals surface area contributed by atoms with E-state index in [0.717, 1.165) is 17.1 Å². The molecule has 1 aliphatic rings. The molecule has 0 saturated carbocycles. The first-order chi connectivity index (χ1) is 14.7. The molecule has 0 bridgehead atoms. The molecule has 0 amide bonds. The quantitative estimate of drug-likeness (QED) is 0.439. The summed E-state index contributed by atoms with van der Waals surface area (Å²) in [5.74, 6) is 0.666. The molecule has 0 aromatic carbocycles. The molecular formula is C22H24N4O3S. The van der Waals surface area contributed by atoms with Crippen LogP contribution in [0.3, 0.4) is 0 Å². The van der Waals surface area contributed by atoms with Crippen molar-refractivity contribution in [3.63, 3.8) is 0 Å². The Morgan fingerprint density at radius 1 is 1.27 bits per heavy atom. The summed E-state index contributed by atoms with van der Waals surface area (Å²) in [4.78, 5) is 18.3. The molecule has 0 aliphatic carbocycles. The zero-order valence-electron chi connectivity index (χ0n) is 16.7. The lowest BCUT2D eigenvalue weighted by atomic mass is 10.0. The Morgan fingerprint density at radius 3 is 2.90 bits per heavy atom. The fourth-order valence-electron chi connectivity index (χ4n) is 3.87. The van der Waals surface area contributed by atoms with Crippen molar-refractivity contribution < 1.29 is 13.9 Å². The average Bonchev–Trinajstić information content (AvgIpc) is 3.50. The first-order valence-electron chi connectivity index (χ1n) is 9.89. The van der Waals surface area contributed by atoms with Crippen LogP contribution in [0.2, 0.25) is 0 Å². The smallest absolute Gasteiger partial charge is 0.305 e. The predicted molar refractivity (Wildman–Crippen MR) is 116 cm³/mol. The van der Waals surface area contributed by atoms with E-state index in [-0.39, 0.29) is 18.1 Å². The number of ether oxygens (including phenoxy) is 1. The number of carbonyl (C=O) groups is 1. The van der Waals surface area contributed by atoms with Crippen LogP contribution in [0, 0.1) is 0 Å². The second-order valence-electron chi connectivity index (χ2n) is 7.14. The van der Waals surface area contributed by atoms with E-state index in [1.807, 2.05) is 42.6 Å². The highest BCUT2D eigenvalue weighted by molar-refractivity contribution is 7.80. The van der Waals surface area contributed by atoms with Crippen LogP contribution in [0.5, 0.6) is 0 Å². The summed E-state index contributed by atoms with van der Waals surface area (Å²) in [7, 11) is 1.41. The molecule has 4 heterocycles. The second kappa shape index (κ2) is 9.13. The Kier molecular flexibility index (Phi) is 6.13. The number of methoxy groups -OCH3 is 1. The summed E-state index contributed by atoms with van der Waals surface area (Å²) < 4.78 is 12.5. The third-order valence-electron chi connectivity index (χ3n) is 5.28. The maximum absolute atomic E-state index is 11.6. The molecule has 7 nitrogen and oxygen atoms in total. The maximum Gasteiger partial charge on any atom is 0.305 e. The molecule has 1 fully saturated rings. The topological polar surface area (TPSA) is 72.5 Å². The Labute approximate surface area is 180 Å². The van der Waals surface area contributed by atoms with Crippen LogP contribution in [-0.4, -0.2) is 39.2 Å². The third-order valence-corrected chi connectivity index (χ3v) is 5.63. The summed E-state index contributed by atoms with van der Waals surface area (Å²) in [6.45, 7) is 1.27. The lowest BCUT2D eigenvalue weighted by Gasteiger charge is -2.28. The number of nitrogens with zero attached hydrogens (tertiary/aromatic N) is 3. The zero-order valence-corrected chi connectivity index (χ0v) is 17.5. The number of hydrogen-bond acceptors (Lipinski definition) is 5. The lowest BCUT2D eigenvalue weighted by molar-refractivity contribution is -0.140. The van der Waals surface area contributed by atoms with Gasteiger partial charge in [0.25, 0.3) is 0 Å². The van der Waals surface area contributed by atoms with E-state index in [0.29, 0.717) is 31.0 Å². The van der Waals surface area contributed by atoms with Gasteiger partial charge in [-0.15, -0.1) is 0 Å². The molecule has 8 heteroatoms. The van der Waals surface area contributed by atoms with Gasteiger partial charge < -0.3 is 23.9 Å². The van der Waals surface area contributed by atoms with Gasteiger partial charge in [-0.3, -0.25) is 9.78 Å². The highest BCUT2D eigenvalue weighted by Gasteiger charge is 2.40. The molecule has 3 aromatic rings. The first kappa shape index (κ1) is 20.2. The number of pyridine rings is 1. The van der Waals surface area contributed by atoms with Crippen LogP contribution >= 0.6 is 12.2 Å². The van der Waals surface area contributed by atoms with Gasteiger partial charge in [-0.2, -0.15) is 0 Å². The Morgan fingerprint density at radius 2 is 2.17 bits per heavy atom. The Balaban J connectivity index is 1.64. The van der Waals surface area contributed by atoms with Crippen molar-refractivity contribution >= 4 is 23.3 Å². The molecule has 156 valence electrons. The van der Waals surface area contributed by atoms with Gasteiger partial charge >= 0.3 is 5.97 Å². The second-order valence-corrected chi connectivity index (χ2v) is 7.53. The molecule has 2 unspecified atom stereocenters. The molecule has 0 radical (unpaired) electrons. The van der Waals surface area contributed by atoms with Crippen LogP contribution in [0.1, 0.15) is 42.1 Å².